The number of carbonyl (C=O) groups is 2. The van der Waals surface area contributed by atoms with Crippen molar-refractivity contribution in [1.29, 1.82) is 0 Å². The lowest BCUT2D eigenvalue weighted by molar-refractivity contribution is -0.136. The topological polar surface area (TPSA) is 46.6 Å². The van der Waals surface area contributed by atoms with Crippen molar-refractivity contribution < 1.29 is 14.3 Å². The number of hydrogen-bond acceptors (Lipinski definition) is 3. The molecular weight excluding hydrogens is 398 g/mol. The second kappa shape index (κ2) is 8.17. The molecule has 1 aliphatic rings. The van der Waals surface area contributed by atoms with Crippen LogP contribution in [0.1, 0.15) is 22.3 Å². The summed E-state index contributed by atoms with van der Waals surface area (Å²) in [4.78, 5) is 28.0. The van der Waals surface area contributed by atoms with E-state index in [-0.39, 0.29) is 18.4 Å². The first kappa shape index (κ1) is 19.9. The van der Waals surface area contributed by atoms with E-state index in [9.17, 15) is 9.59 Å². The lowest BCUT2D eigenvalue weighted by Crippen LogP contribution is -2.31. The first-order valence-electron chi connectivity index (χ1n) is 9.54. The zero-order chi connectivity index (χ0) is 21.3. The summed E-state index contributed by atoms with van der Waals surface area (Å²) in [5.41, 5.74) is 4.13. The Bertz CT molecular complexity index is 1060. The first-order chi connectivity index (χ1) is 14.5. The normalized spacial score (nSPS) is 13.9. The number of benzene rings is 3. The smallest absolute Gasteiger partial charge is 0.262 e. The van der Waals surface area contributed by atoms with Crippen molar-refractivity contribution in [2.45, 2.75) is 13.5 Å². The molecule has 0 saturated heterocycles. The lowest BCUT2D eigenvalue weighted by Gasteiger charge is -2.15. The molecule has 4 rings (SSSR count). The molecule has 0 spiro atoms. The van der Waals surface area contributed by atoms with Gasteiger partial charge in [-0.05, 0) is 47.9 Å². The molecular formula is C25H20ClNO3. The van der Waals surface area contributed by atoms with Gasteiger partial charge in [0.1, 0.15) is 5.75 Å². The van der Waals surface area contributed by atoms with E-state index >= 15 is 0 Å². The number of halogens is 1. The van der Waals surface area contributed by atoms with E-state index in [1.807, 2.05) is 55.5 Å². The zero-order valence-electron chi connectivity index (χ0n) is 16.7. The fraction of sp³-hybridized carbons (Fsp3) is 0.120. The molecule has 0 unspecified atom stereocenters. The summed E-state index contributed by atoms with van der Waals surface area (Å²) >= 11 is 6.03. The number of carbonyl (C=O) groups excluding carboxylic acids is 2. The molecule has 5 heteroatoms. The van der Waals surface area contributed by atoms with Crippen molar-refractivity contribution >= 4 is 34.6 Å². The summed E-state index contributed by atoms with van der Waals surface area (Å²) in [7, 11) is 1.60. The summed E-state index contributed by atoms with van der Waals surface area (Å²) in [5.74, 6) is 0.108. The van der Waals surface area contributed by atoms with Crippen molar-refractivity contribution in [3.63, 3.8) is 0 Å². The van der Waals surface area contributed by atoms with Crippen molar-refractivity contribution in [1.82, 2.24) is 4.90 Å². The van der Waals surface area contributed by atoms with Crippen LogP contribution in [0.3, 0.4) is 0 Å². The predicted molar refractivity (Wildman–Crippen MR) is 118 cm³/mol. The molecule has 1 heterocycles. The molecule has 0 bridgehead atoms. The van der Waals surface area contributed by atoms with Gasteiger partial charge in [0.15, 0.2) is 0 Å². The number of rotatable bonds is 5. The van der Waals surface area contributed by atoms with Crippen LogP contribution in [-0.2, 0) is 16.1 Å². The maximum absolute atomic E-state index is 13.4. The number of amides is 2. The Morgan fingerprint density at radius 1 is 0.767 bits per heavy atom. The van der Waals surface area contributed by atoms with Gasteiger partial charge >= 0.3 is 0 Å². The Kier molecular flexibility index (Phi) is 5.42. The largest absolute Gasteiger partial charge is 0.497 e. The minimum atomic E-state index is -0.311. The minimum absolute atomic E-state index is 0.189. The molecule has 3 aromatic rings. The zero-order valence-corrected chi connectivity index (χ0v) is 17.4. The van der Waals surface area contributed by atoms with Crippen LogP contribution in [0.4, 0.5) is 0 Å². The van der Waals surface area contributed by atoms with Crippen LogP contribution in [0.5, 0.6) is 5.75 Å². The van der Waals surface area contributed by atoms with E-state index in [0.29, 0.717) is 21.7 Å². The molecule has 0 aliphatic carbocycles. The highest BCUT2D eigenvalue weighted by Gasteiger charge is 2.39. The lowest BCUT2D eigenvalue weighted by atomic mass is 9.96. The van der Waals surface area contributed by atoms with Gasteiger partial charge in [-0.15, -0.1) is 0 Å². The van der Waals surface area contributed by atoms with Crippen molar-refractivity contribution in [2.75, 3.05) is 7.11 Å². The minimum Gasteiger partial charge on any atom is -0.497 e. The molecule has 0 aromatic heterocycles. The second-order valence-corrected chi connectivity index (χ2v) is 7.60. The van der Waals surface area contributed by atoms with Gasteiger partial charge in [-0.3, -0.25) is 14.5 Å². The predicted octanol–water partition coefficient (Wildman–Crippen LogP) is 5.14. The third kappa shape index (κ3) is 3.74. The van der Waals surface area contributed by atoms with Gasteiger partial charge in [0.25, 0.3) is 11.8 Å². The van der Waals surface area contributed by atoms with Crippen molar-refractivity contribution in [3.8, 4) is 5.75 Å². The van der Waals surface area contributed by atoms with E-state index in [1.165, 1.54) is 4.90 Å². The Morgan fingerprint density at radius 3 is 1.77 bits per heavy atom. The van der Waals surface area contributed by atoms with Gasteiger partial charge in [-0.2, -0.15) is 0 Å². The third-order valence-corrected chi connectivity index (χ3v) is 5.39. The molecule has 0 N–H and O–H groups in total. The average Bonchev–Trinajstić information content (AvgIpc) is 3.00. The summed E-state index contributed by atoms with van der Waals surface area (Å²) in [6, 6.07) is 22.0. The molecule has 0 saturated carbocycles. The highest BCUT2D eigenvalue weighted by atomic mass is 35.5. The fourth-order valence-corrected chi connectivity index (χ4v) is 3.63. The van der Waals surface area contributed by atoms with Crippen LogP contribution in [0.25, 0.3) is 11.1 Å². The Hall–Kier alpha value is -3.37. The molecule has 150 valence electrons. The summed E-state index contributed by atoms with van der Waals surface area (Å²) in [5, 5.41) is 0.572. The first-order valence-corrected chi connectivity index (χ1v) is 9.92. The molecule has 0 atom stereocenters. The van der Waals surface area contributed by atoms with Gasteiger partial charge in [0.05, 0.1) is 24.8 Å². The molecule has 4 nitrogen and oxygen atoms in total. The molecule has 0 fully saturated rings. The summed E-state index contributed by atoms with van der Waals surface area (Å²) in [6.07, 6.45) is 0. The number of aryl methyl sites for hydroxylation is 1. The van der Waals surface area contributed by atoms with Crippen LogP contribution >= 0.6 is 11.6 Å². The number of hydrogen-bond donors (Lipinski definition) is 0. The van der Waals surface area contributed by atoms with Crippen molar-refractivity contribution in [2.24, 2.45) is 0 Å². The Morgan fingerprint density at radius 2 is 1.27 bits per heavy atom. The second-order valence-electron chi connectivity index (χ2n) is 7.17. The van der Waals surface area contributed by atoms with E-state index < -0.39 is 0 Å². The number of nitrogens with zero attached hydrogens (tertiary/aromatic N) is 1. The Labute approximate surface area is 180 Å². The van der Waals surface area contributed by atoms with Crippen molar-refractivity contribution in [3.05, 3.63) is 100 Å². The standard InChI is InChI=1S/C25H20ClNO3/c1-16-3-7-18(8-4-16)22-23(19-9-11-20(26)12-10-19)25(29)27(24(22)28)15-17-5-13-21(30-2)14-6-17/h3-14H,15H2,1-2H3. The molecule has 3 aromatic carbocycles. The van der Waals surface area contributed by atoms with E-state index in [1.54, 1.807) is 31.4 Å². The van der Waals surface area contributed by atoms with Gasteiger partial charge < -0.3 is 4.74 Å². The summed E-state index contributed by atoms with van der Waals surface area (Å²) in [6.45, 7) is 2.17. The molecule has 30 heavy (non-hydrogen) atoms. The molecule has 2 amide bonds. The fourth-order valence-electron chi connectivity index (χ4n) is 3.51. The average molecular weight is 418 g/mol. The van der Waals surface area contributed by atoms with Gasteiger partial charge in [0, 0.05) is 5.02 Å². The monoisotopic (exact) mass is 417 g/mol. The van der Waals surface area contributed by atoms with Crippen LogP contribution < -0.4 is 4.74 Å². The quantitative estimate of drug-likeness (QED) is 0.540. The number of ether oxygens (including phenoxy) is 1. The number of imide groups is 1. The van der Waals surface area contributed by atoms with Crippen LogP contribution in [-0.4, -0.2) is 23.8 Å². The van der Waals surface area contributed by atoms with Gasteiger partial charge in [-0.25, -0.2) is 0 Å². The highest BCUT2D eigenvalue weighted by Crippen LogP contribution is 2.37. The Balaban J connectivity index is 1.76. The number of methoxy groups -OCH3 is 1. The van der Waals surface area contributed by atoms with Gasteiger partial charge in [-0.1, -0.05) is 65.7 Å². The maximum atomic E-state index is 13.4. The van der Waals surface area contributed by atoms with Crippen LogP contribution in [0, 0.1) is 6.92 Å². The highest BCUT2D eigenvalue weighted by molar-refractivity contribution is 6.49. The molecule has 1 aliphatic heterocycles. The van der Waals surface area contributed by atoms with E-state index in [2.05, 4.69) is 0 Å². The van der Waals surface area contributed by atoms with Crippen LogP contribution in [0.15, 0.2) is 72.8 Å². The van der Waals surface area contributed by atoms with Crippen LogP contribution in [0.2, 0.25) is 5.02 Å². The SMILES string of the molecule is COc1ccc(CN2C(=O)C(c3ccc(C)cc3)=C(c3ccc(Cl)cc3)C2=O)cc1. The van der Waals surface area contributed by atoms with E-state index in [0.717, 1.165) is 22.4 Å². The maximum Gasteiger partial charge on any atom is 0.262 e. The third-order valence-electron chi connectivity index (χ3n) is 5.14. The van der Waals surface area contributed by atoms with E-state index in [4.69, 9.17) is 16.3 Å². The van der Waals surface area contributed by atoms with Gasteiger partial charge in [0.2, 0.25) is 0 Å². The summed E-state index contributed by atoms with van der Waals surface area (Å²) < 4.78 is 5.18. The molecule has 0 radical (unpaired) electrons.